The molecule has 1 atom stereocenters. The molecule has 7 aromatic rings. The summed E-state index contributed by atoms with van der Waals surface area (Å²) < 4.78 is 19.5. The molecule has 3 aromatic heterocycles. The molecule has 0 spiro atoms. The van der Waals surface area contributed by atoms with Crippen molar-refractivity contribution < 1.29 is 13.9 Å². The SMILES string of the molecule is COc1ccc([C@H]2c3c(ccc4ccccc34)Oc3ncn4nc(CSc5nc6ccccc6o5)nc4c32)cc1. The Balaban J connectivity index is 1.26. The topological polar surface area (TPSA) is 87.6 Å². The molecule has 9 heteroatoms. The number of para-hydroxylation sites is 2. The number of hydrogen-bond acceptors (Lipinski definition) is 8. The summed E-state index contributed by atoms with van der Waals surface area (Å²) in [4.78, 5) is 14.2. The summed E-state index contributed by atoms with van der Waals surface area (Å²) in [5.74, 6) is 3.09. The van der Waals surface area contributed by atoms with Crippen molar-refractivity contribution in [3.8, 4) is 17.4 Å². The van der Waals surface area contributed by atoms with Crippen molar-refractivity contribution in [2.75, 3.05) is 7.11 Å². The second-order valence-electron chi connectivity index (χ2n) is 9.50. The van der Waals surface area contributed by atoms with Gasteiger partial charge in [-0.05, 0) is 46.7 Å². The lowest BCUT2D eigenvalue weighted by atomic mass is 9.81. The highest BCUT2D eigenvalue weighted by molar-refractivity contribution is 7.98. The largest absolute Gasteiger partial charge is 0.497 e. The van der Waals surface area contributed by atoms with Crippen molar-refractivity contribution in [1.82, 2.24) is 24.6 Å². The van der Waals surface area contributed by atoms with Crippen LogP contribution in [-0.2, 0) is 5.75 Å². The fourth-order valence-corrected chi connectivity index (χ4v) is 6.07. The highest BCUT2D eigenvalue weighted by atomic mass is 32.2. The Morgan fingerprint density at radius 2 is 1.75 bits per heavy atom. The van der Waals surface area contributed by atoms with Crippen LogP contribution in [0.1, 0.15) is 28.4 Å². The molecule has 0 amide bonds. The number of benzene rings is 4. The number of fused-ring (bicyclic) bond motifs is 7. The monoisotopic (exact) mass is 543 g/mol. The minimum absolute atomic E-state index is 0.173. The third kappa shape index (κ3) is 3.70. The third-order valence-corrected chi connectivity index (χ3v) is 8.02. The van der Waals surface area contributed by atoms with Crippen LogP contribution in [0.4, 0.5) is 0 Å². The van der Waals surface area contributed by atoms with E-state index >= 15 is 0 Å². The van der Waals surface area contributed by atoms with Crippen LogP contribution >= 0.6 is 11.8 Å². The first-order chi connectivity index (χ1) is 19.7. The van der Waals surface area contributed by atoms with Crippen molar-refractivity contribution in [3.63, 3.8) is 0 Å². The van der Waals surface area contributed by atoms with Crippen LogP contribution < -0.4 is 9.47 Å². The Hall–Kier alpha value is -4.89. The molecule has 4 aromatic carbocycles. The van der Waals surface area contributed by atoms with Gasteiger partial charge in [0, 0.05) is 11.5 Å². The van der Waals surface area contributed by atoms with Crippen LogP contribution in [0, 0.1) is 0 Å². The Kier molecular flexibility index (Phi) is 5.24. The molecule has 0 radical (unpaired) electrons. The van der Waals surface area contributed by atoms with Crippen LogP contribution in [0.2, 0.25) is 0 Å². The van der Waals surface area contributed by atoms with Gasteiger partial charge in [0.2, 0.25) is 5.88 Å². The van der Waals surface area contributed by atoms with E-state index in [0.717, 1.165) is 50.1 Å². The molecule has 0 saturated carbocycles. The van der Waals surface area contributed by atoms with Crippen molar-refractivity contribution in [1.29, 1.82) is 0 Å². The smallest absolute Gasteiger partial charge is 0.257 e. The fourth-order valence-electron chi connectivity index (χ4n) is 5.38. The Labute approximate surface area is 232 Å². The predicted octanol–water partition coefficient (Wildman–Crippen LogP) is 7.01. The zero-order valence-electron chi connectivity index (χ0n) is 21.3. The van der Waals surface area contributed by atoms with Gasteiger partial charge in [-0.3, -0.25) is 0 Å². The number of oxazole rings is 1. The number of rotatable bonds is 5. The first-order valence-electron chi connectivity index (χ1n) is 12.8. The van der Waals surface area contributed by atoms with Crippen molar-refractivity contribution in [3.05, 3.63) is 114 Å². The van der Waals surface area contributed by atoms with Gasteiger partial charge in [0.05, 0.1) is 18.4 Å². The third-order valence-electron chi connectivity index (χ3n) is 7.19. The second-order valence-corrected chi connectivity index (χ2v) is 10.4. The van der Waals surface area contributed by atoms with E-state index in [-0.39, 0.29) is 5.92 Å². The standard InChI is InChI=1S/C31H21N5O3S/c1-37-20-13-10-19(11-14-20)26-27-21-7-3-2-6-18(21)12-15-24(27)38-30-28(26)29-34-25(35-36(29)17-32-30)16-40-31-33-22-8-4-5-9-23(22)39-31/h2-15,17,26H,16H2,1H3/t26-/m0/s1. The van der Waals surface area contributed by atoms with Gasteiger partial charge in [-0.25, -0.2) is 19.5 Å². The number of ether oxygens (including phenoxy) is 2. The summed E-state index contributed by atoms with van der Waals surface area (Å²) in [6, 6.07) is 28.3. The summed E-state index contributed by atoms with van der Waals surface area (Å²) in [6.07, 6.45) is 1.66. The van der Waals surface area contributed by atoms with Crippen LogP contribution in [0.3, 0.4) is 0 Å². The number of methoxy groups -OCH3 is 1. The van der Waals surface area contributed by atoms with Crippen LogP contribution in [-0.4, -0.2) is 31.7 Å². The zero-order chi connectivity index (χ0) is 26.6. The lowest BCUT2D eigenvalue weighted by Crippen LogP contribution is -2.15. The number of thioether (sulfide) groups is 1. The normalized spacial score (nSPS) is 14.3. The maximum atomic E-state index is 6.42. The van der Waals surface area contributed by atoms with E-state index < -0.39 is 0 Å². The number of aromatic nitrogens is 5. The van der Waals surface area contributed by atoms with Gasteiger partial charge >= 0.3 is 0 Å². The van der Waals surface area contributed by atoms with E-state index in [9.17, 15) is 0 Å². The molecule has 8 rings (SSSR count). The molecule has 0 N–H and O–H groups in total. The molecule has 0 aliphatic carbocycles. The van der Waals surface area contributed by atoms with Gasteiger partial charge in [0.1, 0.15) is 23.3 Å². The Morgan fingerprint density at radius 3 is 2.62 bits per heavy atom. The molecule has 1 aliphatic rings. The van der Waals surface area contributed by atoms with Gasteiger partial charge in [-0.1, -0.05) is 66.4 Å². The summed E-state index contributed by atoms with van der Waals surface area (Å²) in [6.45, 7) is 0. The van der Waals surface area contributed by atoms with E-state index in [2.05, 4.69) is 46.4 Å². The minimum atomic E-state index is -0.173. The second kappa shape index (κ2) is 9.10. The Morgan fingerprint density at radius 1 is 0.900 bits per heavy atom. The number of hydrogen-bond donors (Lipinski definition) is 0. The lowest BCUT2D eigenvalue weighted by molar-refractivity contribution is 0.414. The van der Waals surface area contributed by atoms with Gasteiger partial charge in [0.15, 0.2) is 17.1 Å². The molecule has 1 aliphatic heterocycles. The first kappa shape index (κ1) is 23.0. The maximum Gasteiger partial charge on any atom is 0.257 e. The van der Waals surface area contributed by atoms with Crippen molar-refractivity contribution in [2.45, 2.75) is 16.9 Å². The zero-order valence-corrected chi connectivity index (χ0v) is 22.1. The molecule has 8 nitrogen and oxygen atoms in total. The molecular formula is C31H21N5O3S. The average molecular weight is 544 g/mol. The quantitative estimate of drug-likeness (QED) is 0.214. The van der Waals surface area contributed by atoms with Crippen molar-refractivity contribution >= 4 is 39.3 Å². The average Bonchev–Trinajstić information content (AvgIpc) is 3.62. The van der Waals surface area contributed by atoms with Gasteiger partial charge < -0.3 is 13.9 Å². The molecule has 0 saturated heterocycles. The maximum absolute atomic E-state index is 6.42. The van der Waals surface area contributed by atoms with E-state index in [1.807, 2.05) is 48.5 Å². The highest BCUT2D eigenvalue weighted by Crippen LogP contribution is 2.50. The lowest BCUT2D eigenvalue weighted by Gasteiger charge is -2.29. The molecule has 0 fully saturated rings. The molecule has 0 bridgehead atoms. The highest BCUT2D eigenvalue weighted by Gasteiger charge is 2.34. The molecule has 0 unspecified atom stereocenters. The molecule has 40 heavy (non-hydrogen) atoms. The van der Waals surface area contributed by atoms with Gasteiger partial charge in [0.25, 0.3) is 5.22 Å². The number of nitrogens with zero attached hydrogens (tertiary/aromatic N) is 5. The van der Waals surface area contributed by atoms with Gasteiger partial charge in [-0.2, -0.15) is 0 Å². The fraction of sp³-hybridized carbons (Fsp3) is 0.0968. The van der Waals surface area contributed by atoms with Gasteiger partial charge in [-0.15, -0.1) is 5.10 Å². The van der Waals surface area contributed by atoms with E-state index in [1.54, 1.807) is 18.0 Å². The summed E-state index contributed by atoms with van der Waals surface area (Å²) >= 11 is 1.46. The minimum Gasteiger partial charge on any atom is -0.497 e. The van der Waals surface area contributed by atoms with Crippen molar-refractivity contribution in [2.24, 2.45) is 0 Å². The Bertz CT molecular complexity index is 2020. The van der Waals surface area contributed by atoms with E-state index in [0.29, 0.717) is 28.3 Å². The molecule has 4 heterocycles. The van der Waals surface area contributed by atoms with Crippen LogP contribution in [0.5, 0.6) is 17.4 Å². The summed E-state index contributed by atoms with van der Waals surface area (Å²) in [7, 11) is 1.67. The van der Waals surface area contributed by atoms with E-state index in [4.69, 9.17) is 24.0 Å². The predicted molar refractivity (Wildman–Crippen MR) is 152 cm³/mol. The van der Waals surface area contributed by atoms with E-state index in [1.165, 1.54) is 11.8 Å². The first-order valence-corrected chi connectivity index (χ1v) is 13.8. The summed E-state index contributed by atoms with van der Waals surface area (Å²) in [5, 5.41) is 7.59. The molecule has 194 valence electrons. The van der Waals surface area contributed by atoms with Crippen LogP contribution in [0.15, 0.2) is 101 Å². The van der Waals surface area contributed by atoms with Crippen LogP contribution in [0.25, 0.3) is 27.5 Å². The summed E-state index contributed by atoms with van der Waals surface area (Å²) in [5.41, 5.74) is 5.34. The molecular weight excluding hydrogens is 522 g/mol.